The highest BCUT2D eigenvalue weighted by atomic mass is 16.4. The van der Waals surface area contributed by atoms with Crippen LogP contribution in [0.5, 0.6) is 0 Å². The number of aliphatic carboxylic acids is 1. The third-order valence-electron chi connectivity index (χ3n) is 2.78. The van der Waals surface area contributed by atoms with Gasteiger partial charge in [-0.2, -0.15) is 0 Å². The molecular weight excluding hydrogens is 274 g/mol. The second-order valence-electron chi connectivity index (χ2n) is 4.45. The molecule has 0 aliphatic carbocycles. The van der Waals surface area contributed by atoms with Gasteiger partial charge in [-0.3, -0.25) is 9.59 Å². The van der Waals surface area contributed by atoms with Gasteiger partial charge in [0.15, 0.2) is 0 Å². The van der Waals surface area contributed by atoms with E-state index in [1.54, 1.807) is 24.3 Å². The van der Waals surface area contributed by atoms with Crippen LogP contribution >= 0.6 is 0 Å². The number of nitrogens with two attached hydrogens (primary N) is 1. The summed E-state index contributed by atoms with van der Waals surface area (Å²) in [5, 5.41) is 14.0. The molecule has 0 saturated heterocycles. The molecule has 0 fully saturated rings. The molecule has 0 unspecified atom stereocenters. The molecule has 0 radical (unpaired) electrons. The van der Waals surface area contributed by atoms with Crippen molar-refractivity contribution in [1.82, 2.24) is 10.6 Å². The number of nitrogens with one attached hydrogen (secondary N) is 2. The predicted molar refractivity (Wildman–Crippen MR) is 76.4 cm³/mol. The van der Waals surface area contributed by atoms with E-state index in [0.29, 0.717) is 0 Å². The highest BCUT2D eigenvalue weighted by Gasteiger charge is 2.20. The first-order valence-corrected chi connectivity index (χ1v) is 6.55. The summed E-state index contributed by atoms with van der Waals surface area (Å²) in [4.78, 5) is 33.7. The minimum atomic E-state index is -1.10. The lowest BCUT2D eigenvalue weighted by Gasteiger charge is -2.14. The molecule has 0 heterocycles. The van der Waals surface area contributed by atoms with Crippen LogP contribution in [0.15, 0.2) is 30.3 Å². The minimum Gasteiger partial charge on any atom is -0.480 e. The Morgan fingerprint density at radius 3 is 2.38 bits per heavy atom. The van der Waals surface area contributed by atoms with Gasteiger partial charge in [0.05, 0.1) is 6.54 Å². The molecule has 1 aromatic rings. The highest BCUT2D eigenvalue weighted by Crippen LogP contribution is 2.03. The van der Waals surface area contributed by atoms with Crippen molar-refractivity contribution in [1.29, 1.82) is 0 Å². The SMILES string of the molecule is NCC(=O)NCCC(=O)N[C@@H](Cc1ccccc1)C(=O)O. The largest absolute Gasteiger partial charge is 0.480 e. The van der Waals surface area contributed by atoms with Crippen molar-refractivity contribution < 1.29 is 19.5 Å². The Labute approximate surface area is 122 Å². The Kier molecular flexibility index (Phi) is 6.90. The molecule has 0 aromatic heterocycles. The third kappa shape index (κ3) is 6.53. The van der Waals surface area contributed by atoms with Crippen LogP contribution < -0.4 is 16.4 Å². The van der Waals surface area contributed by atoms with Crippen molar-refractivity contribution in [2.45, 2.75) is 18.9 Å². The van der Waals surface area contributed by atoms with Crippen LogP contribution in [-0.2, 0) is 20.8 Å². The predicted octanol–water partition coefficient (Wildman–Crippen LogP) is -0.736. The second-order valence-corrected chi connectivity index (χ2v) is 4.45. The maximum Gasteiger partial charge on any atom is 0.326 e. The van der Waals surface area contributed by atoms with Crippen molar-refractivity contribution in [3.63, 3.8) is 0 Å². The van der Waals surface area contributed by atoms with E-state index in [4.69, 9.17) is 10.8 Å². The van der Waals surface area contributed by atoms with Crippen LogP contribution in [0, 0.1) is 0 Å². The second kappa shape index (κ2) is 8.70. The van der Waals surface area contributed by atoms with Crippen molar-refractivity contribution in [2.24, 2.45) is 5.73 Å². The molecule has 0 aliphatic heterocycles. The lowest BCUT2D eigenvalue weighted by atomic mass is 10.1. The summed E-state index contributed by atoms with van der Waals surface area (Å²) in [6, 6.07) is 8.03. The topological polar surface area (TPSA) is 122 Å². The summed E-state index contributed by atoms with van der Waals surface area (Å²) in [7, 11) is 0. The fourth-order valence-electron chi connectivity index (χ4n) is 1.70. The molecule has 0 spiro atoms. The molecular formula is C14H19N3O4. The van der Waals surface area contributed by atoms with Gasteiger partial charge in [0.1, 0.15) is 6.04 Å². The molecule has 1 atom stereocenters. The van der Waals surface area contributed by atoms with Crippen LogP contribution in [0.2, 0.25) is 0 Å². The number of hydrogen-bond acceptors (Lipinski definition) is 4. The third-order valence-corrected chi connectivity index (χ3v) is 2.78. The minimum absolute atomic E-state index is 0.00428. The van der Waals surface area contributed by atoms with Crippen LogP contribution in [0.1, 0.15) is 12.0 Å². The molecule has 1 rings (SSSR count). The smallest absolute Gasteiger partial charge is 0.326 e. The average Bonchev–Trinajstić information content (AvgIpc) is 2.47. The Bertz CT molecular complexity index is 490. The molecule has 0 aliphatic rings. The van der Waals surface area contributed by atoms with Gasteiger partial charge in [-0.1, -0.05) is 30.3 Å². The summed E-state index contributed by atoms with van der Waals surface area (Å²) in [5.74, 6) is -1.89. The number of carboxylic acid groups (broad SMARTS) is 1. The standard InChI is InChI=1S/C14H19N3O4/c15-9-13(19)16-7-6-12(18)17-11(14(20)21)8-10-4-2-1-3-5-10/h1-5,11H,6-9,15H2,(H,16,19)(H,17,18)(H,20,21)/t11-/m0/s1. The van der Waals surface area contributed by atoms with E-state index < -0.39 is 17.9 Å². The van der Waals surface area contributed by atoms with Gasteiger partial charge >= 0.3 is 5.97 Å². The summed E-state index contributed by atoms with van der Waals surface area (Å²) < 4.78 is 0. The Morgan fingerprint density at radius 1 is 1.14 bits per heavy atom. The van der Waals surface area contributed by atoms with E-state index in [9.17, 15) is 14.4 Å². The molecule has 114 valence electrons. The van der Waals surface area contributed by atoms with Gasteiger partial charge in [0.2, 0.25) is 11.8 Å². The number of carboxylic acids is 1. The number of carbonyl (C=O) groups excluding carboxylic acids is 2. The summed E-state index contributed by atoms with van der Waals surface area (Å²) in [5.41, 5.74) is 5.93. The lowest BCUT2D eigenvalue weighted by Crippen LogP contribution is -2.43. The maximum absolute atomic E-state index is 11.7. The van der Waals surface area contributed by atoms with Crippen LogP contribution in [-0.4, -0.2) is 42.0 Å². The first-order chi connectivity index (χ1) is 10.0. The maximum atomic E-state index is 11.7. The van der Waals surface area contributed by atoms with E-state index in [-0.39, 0.29) is 31.8 Å². The zero-order chi connectivity index (χ0) is 15.7. The summed E-state index contributed by atoms with van der Waals surface area (Å²) in [6.07, 6.45) is 0.210. The number of rotatable bonds is 8. The van der Waals surface area contributed by atoms with Crippen LogP contribution in [0.25, 0.3) is 0 Å². The molecule has 21 heavy (non-hydrogen) atoms. The van der Waals surface area contributed by atoms with Crippen molar-refractivity contribution in [3.05, 3.63) is 35.9 Å². The zero-order valence-electron chi connectivity index (χ0n) is 11.5. The number of benzene rings is 1. The normalized spacial score (nSPS) is 11.5. The Hall–Kier alpha value is -2.41. The Balaban J connectivity index is 2.45. The fourth-order valence-corrected chi connectivity index (χ4v) is 1.70. The average molecular weight is 293 g/mol. The molecule has 7 heteroatoms. The van der Waals surface area contributed by atoms with Gasteiger partial charge in [0.25, 0.3) is 0 Å². The molecule has 5 N–H and O–H groups in total. The molecule has 7 nitrogen and oxygen atoms in total. The fraction of sp³-hybridized carbons (Fsp3) is 0.357. The van der Waals surface area contributed by atoms with Crippen LogP contribution in [0.3, 0.4) is 0 Å². The van der Waals surface area contributed by atoms with Crippen molar-refractivity contribution in [3.8, 4) is 0 Å². The quantitative estimate of drug-likeness (QED) is 0.503. The van der Waals surface area contributed by atoms with E-state index in [0.717, 1.165) is 5.56 Å². The van der Waals surface area contributed by atoms with E-state index in [2.05, 4.69) is 10.6 Å². The summed E-state index contributed by atoms with van der Waals surface area (Å²) in [6.45, 7) is -0.0209. The van der Waals surface area contributed by atoms with E-state index >= 15 is 0 Å². The summed E-state index contributed by atoms with van der Waals surface area (Å²) >= 11 is 0. The molecule has 0 saturated carbocycles. The first kappa shape index (κ1) is 16.6. The van der Waals surface area contributed by atoms with Crippen LogP contribution in [0.4, 0.5) is 0 Å². The monoisotopic (exact) mass is 293 g/mol. The Morgan fingerprint density at radius 2 is 1.81 bits per heavy atom. The van der Waals surface area contributed by atoms with Gasteiger partial charge in [0, 0.05) is 19.4 Å². The lowest BCUT2D eigenvalue weighted by molar-refractivity contribution is -0.141. The number of hydrogen-bond donors (Lipinski definition) is 4. The van der Waals surface area contributed by atoms with E-state index in [1.165, 1.54) is 0 Å². The van der Waals surface area contributed by atoms with E-state index in [1.807, 2.05) is 6.07 Å². The van der Waals surface area contributed by atoms with Crippen molar-refractivity contribution in [2.75, 3.05) is 13.1 Å². The molecule has 2 amide bonds. The molecule has 0 bridgehead atoms. The highest BCUT2D eigenvalue weighted by molar-refractivity contribution is 5.84. The van der Waals surface area contributed by atoms with Crippen molar-refractivity contribution >= 4 is 17.8 Å². The first-order valence-electron chi connectivity index (χ1n) is 6.55. The molecule has 1 aromatic carbocycles. The zero-order valence-corrected chi connectivity index (χ0v) is 11.5. The van der Waals surface area contributed by atoms with Gasteiger partial charge < -0.3 is 21.5 Å². The number of amides is 2. The van der Waals surface area contributed by atoms with Gasteiger partial charge in [-0.25, -0.2) is 4.79 Å². The van der Waals surface area contributed by atoms with Gasteiger partial charge in [-0.15, -0.1) is 0 Å². The number of carbonyl (C=O) groups is 3. The van der Waals surface area contributed by atoms with Gasteiger partial charge in [-0.05, 0) is 5.56 Å².